The van der Waals surface area contributed by atoms with Crippen LogP contribution in [-0.2, 0) is 33.3 Å². The first-order chi connectivity index (χ1) is 15.8. The summed E-state index contributed by atoms with van der Waals surface area (Å²) in [7, 11) is 0. The van der Waals surface area contributed by atoms with Crippen molar-refractivity contribution in [3.8, 4) is 0 Å². The van der Waals surface area contributed by atoms with Gasteiger partial charge in [0.05, 0.1) is 6.10 Å². The summed E-state index contributed by atoms with van der Waals surface area (Å²) in [5.41, 5.74) is 0.0448. The zero-order chi connectivity index (χ0) is 23.0. The highest BCUT2D eigenvalue weighted by molar-refractivity contribution is 9.09. The molecule has 0 aromatic carbocycles. The third-order valence-electron chi connectivity index (χ3n) is 10.1. The van der Waals surface area contributed by atoms with Crippen molar-refractivity contribution in [3.05, 3.63) is 11.1 Å². The number of cyclic esters (lactones) is 1. The van der Waals surface area contributed by atoms with Crippen LogP contribution in [0.2, 0.25) is 0 Å². The standard InChI is InChI=1S/C25H31BrO7/c1-12(2)23-18(32-23)19-25(33-19)22(3)8-7-13-14(11-29-20(13)28)15(22)10-16-24(25,31-16)21(23)30-17(27)6-4-5-9-26/h12,15-16,18-19,21H,4-11H2,1-3H3/t15-,16-,18-,19-,21+,22-,23-,24+,25+/m0/s1. The first kappa shape index (κ1) is 21.3. The van der Waals surface area contributed by atoms with Gasteiger partial charge in [-0.1, -0.05) is 36.7 Å². The monoisotopic (exact) mass is 522 g/mol. The summed E-state index contributed by atoms with van der Waals surface area (Å²) in [5.74, 6) is 0.0219. The Labute approximate surface area is 202 Å². The fraction of sp³-hybridized carbons (Fsp3) is 0.840. The number of epoxide rings is 3. The second-order valence-electron chi connectivity index (χ2n) is 11.5. The molecule has 8 heteroatoms. The van der Waals surface area contributed by atoms with Crippen molar-refractivity contribution in [2.75, 3.05) is 11.9 Å². The molecule has 0 N–H and O–H groups in total. The number of rotatable bonds is 6. The van der Waals surface area contributed by atoms with Crippen molar-refractivity contribution in [1.29, 1.82) is 0 Å². The van der Waals surface area contributed by atoms with Crippen LogP contribution in [-0.4, -0.2) is 65.1 Å². The average molecular weight is 523 g/mol. The number of carbonyl (C=O) groups is 2. The molecule has 7 aliphatic rings. The molecule has 0 unspecified atom stereocenters. The van der Waals surface area contributed by atoms with Crippen molar-refractivity contribution in [2.24, 2.45) is 17.3 Å². The Balaban J connectivity index is 1.28. The van der Waals surface area contributed by atoms with Gasteiger partial charge >= 0.3 is 11.9 Å². The normalized spacial score (nSPS) is 52.0. The highest BCUT2D eigenvalue weighted by Crippen LogP contribution is 2.83. The molecule has 0 bridgehead atoms. The molecule has 7 nitrogen and oxygen atoms in total. The second-order valence-corrected chi connectivity index (χ2v) is 12.3. The number of hydrogen-bond acceptors (Lipinski definition) is 7. The fourth-order valence-corrected chi connectivity index (χ4v) is 8.79. The Morgan fingerprint density at radius 1 is 1.21 bits per heavy atom. The highest BCUT2D eigenvalue weighted by Gasteiger charge is 3.01. The molecule has 33 heavy (non-hydrogen) atoms. The van der Waals surface area contributed by atoms with Crippen molar-refractivity contribution < 1.29 is 33.3 Å². The van der Waals surface area contributed by atoms with E-state index in [1.165, 1.54) is 0 Å². The van der Waals surface area contributed by atoms with Gasteiger partial charge in [0, 0.05) is 22.7 Å². The number of carbonyl (C=O) groups excluding carboxylic acids is 2. The summed E-state index contributed by atoms with van der Waals surface area (Å²) in [5, 5.41) is 0.877. The lowest BCUT2D eigenvalue weighted by atomic mass is 9.46. The lowest BCUT2D eigenvalue weighted by molar-refractivity contribution is -0.169. The summed E-state index contributed by atoms with van der Waals surface area (Å²) in [4.78, 5) is 25.3. The van der Waals surface area contributed by atoms with Gasteiger partial charge in [0.25, 0.3) is 0 Å². The molecule has 3 aliphatic carbocycles. The fourth-order valence-electron chi connectivity index (χ4n) is 8.40. The van der Waals surface area contributed by atoms with Crippen LogP contribution in [0.1, 0.15) is 59.3 Å². The Hall–Kier alpha value is -0.960. The number of hydrogen-bond donors (Lipinski definition) is 0. The number of esters is 2. The molecule has 4 heterocycles. The van der Waals surface area contributed by atoms with Gasteiger partial charge in [-0.05, 0) is 49.5 Å². The zero-order valence-corrected chi connectivity index (χ0v) is 20.9. The third kappa shape index (κ3) is 2.24. The predicted molar refractivity (Wildman–Crippen MR) is 119 cm³/mol. The molecular weight excluding hydrogens is 492 g/mol. The minimum Gasteiger partial charge on any atom is -0.458 e. The SMILES string of the molecule is CC(C)[C@]12O[C@H]1[C@@H]1O[C@]13[C@]1(O[C@H]1C[C@H]1C4=C(CC[C@@]13C)C(=O)OC4)[C@@H]2OC(=O)CCCCBr. The summed E-state index contributed by atoms with van der Waals surface area (Å²) >= 11 is 3.43. The Bertz CT molecular complexity index is 993. The zero-order valence-electron chi connectivity index (χ0n) is 19.4. The molecule has 4 aliphatic heterocycles. The second kappa shape index (κ2) is 6.42. The van der Waals surface area contributed by atoms with Gasteiger partial charge in [-0.25, -0.2) is 4.79 Å². The molecule has 2 saturated carbocycles. The van der Waals surface area contributed by atoms with Crippen LogP contribution in [0.5, 0.6) is 0 Å². The van der Waals surface area contributed by atoms with Crippen LogP contribution in [0, 0.1) is 17.3 Å². The van der Waals surface area contributed by atoms with E-state index in [-0.39, 0.29) is 47.5 Å². The molecule has 7 rings (SSSR count). The van der Waals surface area contributed by atoms with Gasteiger partial charge in [0.2, 0.25) is 0 Å². The minimum absolute atomic E-state index is 0.0544. The van der Waals surface area contributed by atoms with E-state index in [1.807, 2.05) is 0 Å². The van der Waals surface area contributed by atoms with E-state index in [4.69, 9.17) is 23.7 Å². The number of alkyl halides is 1. The molecule has 9 atom stereocenters. The molecular formula is C25H31BrO7. The number of fused-ring (bicyclic) bond motifs is 4. The van der Waals surface area contributed by atoms with E-state index in [0.717, 1.165) is 42.2 Å². The first-order valence-corrected chi connectivity index (χ1v) is 13.6. The van der Waals surface area contributed by atoms with Gasteiger partial charge in [-0.15, -0.1) is 0 Å². The van der Waals surface area contributed by atoms with E-state index >= 15 is 0 Å². The maximum Gasteiger partial charge on any atom is 0.334 e. The molecule has 2 spiro atoms. The summed E-state index contributed by atoms with van der Waals surface area (Å²) in [6, 6.07) is 0. The Morgan fingerprint density at radius 3 is 2.79 bits per heavy atom. The largest absolute Gasteiger partial charge is 0.458 e. The van der Waals surface area contributed by atoms with Crippen molar-refractivity contribution in [2.45, 2.75) is 101 Å². The molecule has 0 aromatic rings. The van der Waals surface area contributed by atoms with E-state index < -0.39 is 22.9 Å². The quantitative estimate of drug-likeness (QED) is 0.229. The van der Waals surface area contributed by atoms with Gasteiger partial charge in [-0.2, -0.15) is 0 Å². The lowest BCUT2D eigenvalue weighted by Gasteiger charge is -2.53. The molecule has 0 aromatic heterocycles. The van der Waals surface area contributed by atoms with E-state index in [2.05, 4.69) is 36.7 Å². The van der Waals surface area contributed by atoms with Gasteiger partial charge in [0.15, 0.2) is 11.7 Å². The van der Waals surface area contributed by atoms with E-state index in [9.17, 15) is 9.59 Å². The molecule has 0 radical (unpaired) electrons. The lowest BCUT2D eigenvalue weighted by Crippen LogP contribution is -2.70. The number of unbranched alkanes of at least 4 members (excludes halogenated alkanes) is 1. The summed E-state index contributed by atoms with van der Waals surface area (Å²) < 4.78 is 31.5. The van der Waals surface area contributed by atoms with Crippen molar-refractivity contribution in [1.82, 2.24) is 0 Å². The minimum atomic E-state index is -0.660. The van der Waals surface area contributed by atoms with E-state index in [0.29, 0.717) is 19.4 Å². The van der Waals surface area contributed by atoms with Crippen molar-refractivity contribution in [3.63, 3.8) is 0 Å². The van der Waals surface area contributed by atoms with Gasteiger partial charge in [0.1, 0.15) is 30.0 Å². The predicted octanol–water partition coefficient (Wildman–Crippen LogP) is 3.22. The molecule has 3 saturated heterocycles. The maximum atomic E-state index is 13.0. The third-order valence-corrected chi connectivity index (χ3v) is 10.6. The van der Waals surface area contributed by atoms with Gasteiger partial charge < -0.3 is 23.7 Å². The van der Waals surface area contributed by atoms with Crippen LogP contribution >= 0.6 is 15.9 Å². The maximum absolute atomic E-state index is 13.0. The van der Waals surface area contributed by atoms with Crippen LogP contribution in [0.25, 0.3) is 0 Å². The van der Waals surface area contributed by atoms with Crippen molar-refractivity contribution >= 4 is 27.9 Å². The van der Waals surface area contributed by atoms with Crippen LogP contribution in [0.3, 0.4) is 0 Å². The molecule has 5 fully saturated rings. The smallest absolute Gasteiger partial charge is 0.334 e. The topological polar surface area (TPSA) is 90.2 Å². The first-order valence-electron chi connectivity index (χ1n) is 12.5. The number of ether oxygens (including phenoxy) is 5. The molecule has 180 valence electrons. The van der Waals surface area contributed by atoms with E-state index in [1.54, 1.807) is 0 Å². The average Bonchev–Trinajstić information content (AvgIpc) is 3.67. The van der Waals surface area contributed by atoms with Crippen LogP contribution < -0.4 is 0 Å². The Morgan fingerprint density at radius 2 is 2.03 bits per heavy atom. The number of halogens is 1. The summed E-state index contributed by atoms with van der Waals surface area (Å²) in [6.45, 7) is 6.96. The van der Waals surface area contributed by atoms with Gasteiger partial charge in [-0.3, -0.25) is 4.79 Å². The highest BCUT2D eigenvalue weighted by atomic mass is 79.9. The van der Waals surface area contributed by atoms with Crippen LogP contribution in [0.15, 0.2) is 11.1 Å². The van der Waals surface area contributed by atoms with Crippen LogP contribution in [0.4, 0.5) is 0 Å². The molecule has 0 amide bonds. The Kier molecular flexibility index (Phi) is 4.15. The summed E-state index contributed by atoms with van der Waals surface area (Å²) in [6.07, 6.45) is 3.81.